The van der Waals surface area contributed by atoms with Crippen molar-refractivity contribution in [3.63, 3.8) is 0 Å². The molecule has 0 aliphatic heterocycles. The lowest BCUT2D eigenvalue weighted by Gasteiger charge is -2.11. The highest BCUT2D eigenvalue weighted by Crippen LogP contribution is 2.25. The number of benzene rings is 1. The Morgan fingerprint density at radius 1 is 1.19 bits per heavy atom. The molecular formula is C19H22N4O3S. The molecule has 1 N–H and O–H groups in total. The first-order valence-electron chi connectivity index (χ1n) is 8.55. The average Bonchev–Trinajstić information content (AvgIpc) is 3.07. The highest BCUT2D eigenvalue weighted by molar-refractivity contribution is 7.89. The third-order valence-electron chi connectivity index (χ3n) is 4.23. The minimum atomic E-state index is -3.74. The first kappa shape index (κ1) is 19.1. The molecular weight excluding hydrogens is 364 g/mol. The summed E-state index contributed by atoms with van der Waals surface area (Å²) < 4.78 is 35.1. The van der Waals surface area contributed by atoms with Crippen LogP contribution in [0.1, 0.15) is 18.2 Å². The smallest absolute Gasteiger partial charge is 0.244 e. The van der Waals surface area contributed by atoms with Crippen LogP contribution in [0.4, 0.5) is 0 Å². The van der Waals surface area contributed by atoms with Crippen LogP contribution in [0.2, 0.25) is 0 Å². The molecule has 0 saturated heterocycles. The standard InChI is InChI=1S/C19H22N4O3S/c1-4-14-8-9-18(26-3)19(11-14)27(24,25)21-13-15-12-17(23(2)22-15)16-7-5-6-10-20-16/h5-12,21H,4,13H2,1-3H3. The fourth-order valence-electron chi connectivity index (χ4n) is 2.76. The van der Waals surface area contributed by atoms with Crippen LogP contribution in [0.25, 0.3) is 11.4 Å². The molecule has 2 aromatic heterocycles. The third-order valence-corrected chi connectivity index (χ3v) is 5.65. The summed E-state index contributed by atoms with van der Waals surface area (Å²) >= 11 is 0. The number of nitrogens with one attached hydrogen (secondary N) is 1. The minimum Gasteiger partial charge on any atom is -0.495 e. The maximum absolute atomic E-state index is 12.8. The first-order chi connectivity index (χ1) is 12.9. The number of aryl methyl sites for hydroxylation is 2. The van der Waals surface area contributed by atoms with Gasteiger partial charge in [0.15, 0.2) is 0 Å². The predicted octanol–water partition coefficient (Wildman–Crippen LogP) is 2.53. The van der Waals surface area contributed by atoms with E-state index in [2.05, 4.69) is 14.8 Å². The minimum absolute atomic E-state index is 0.0719. The molecule has 8 heteroatoms. The highest BCUT2D eigenvalue weighted by Gasteiger charge is 2.20. The molecule has 0 amide bonds. The van der Waals surface area contributed by atoms with E-state index in [1.807, 2.05) is 37.3 Å². The number of sulfonamides is 1. The first-order valence-corrected chi connectivity index (χ1v) is 10.0. The summed E-state index contributed by atoms with van der Waals surface area (Å²) in [4.78, 5) is 4.44. The number of nitrogens with zero attached hydrogens (tertiary/aromatic N) is 3. The van der Waals surface area contributed by atoms with Crippen LogP contribution in [-0.4, -0.2) is 30.3 Å². The highest BCUT2D eigenvalue weighted by atomic mass is 32.2. The molecule has 1 aromatic carbocycles. The molecule has 7 nitrogen and oxygen atoms in total. The van der Waals surface area contributed by atoms with Crippen LogP contribution in [0.5, 0.6) is 5.75 Å². The molecule has 142 valence electrons. The summed E-state index contributed by atoms with van der Waals surface area (Å²) in [5, 5.41) is 4.38. The van der Waals surface area contributed by atoms with Gasteiger partial charge in [-0.1, -0.05) is 19.1 Å². The molecule has 3 rings (SSSR count). The van der Waals surface area contributed by atoms with Crippen molar-refractivity contribution in [1.29, 1.82) is 0 Å². The zero-order chi connectivity index (χ0) is 19.4. The van der Waals surface area contributed by atoms with Gasteiger partial charge >= 0.3 is 0 Å². The van der Waals surface area contributed by atoms with Gasteiger partial charge in [-0.3, -0.25) is 9.67 Å². The summed E-state index contributed by atoms with van der Waals surface area (Å²) in [6, 6.07) is 12.6. The van der Waals surface area contributed by atoms with Crippen molar-refractivity contribution in [3.05, 3.63) is 59.9 Å². The third kappa shape index (κ3) is 4.17. The molecule has 0 atom stereocenters. The summed E-state index contributed by atoms with van der Waals surface area (Å²) in [7, 11) is -0.484. The second-order valence-electron chi connectivity index (χ2n) is 6.02. The molecule has 0 aliphatic rings. The number of aromatic nitrogens is 3. The maximum Gasteiger partial charge on any atom is 0.244 e. The lowest BCUT2D eigenvalue weighted by Crippen LogP contribution is -2.24. The van der Waals surface area contributed by atoms with E-state index in [1.165, 1.54) is 7.11 Å². The van der Waals surface area contributed by atoms with Crippen molar-refractivity contribution in [1.82, 2.24) is 19.5 Å². The largest absolute Gasteiger partial charge is 0.495 e. The van der Waals surface area contributed by atoms with Gasteiger partial charge < -0.3 is 4.74 Å². The SMILES string of the molecule is CCc1ccc(OC)c(S(=O)(=O)NCc2cc(-c3ccccn3)n(C)n2)c1. The van der Waals surface area contributed by atoms with Crippen molar-refractivity contribution >= 4 is 10.0 Å². The van der Waals surface area contributed by atoms with Gasteiger partial charge in [-0.05, 0) is 42.3 Å². The van der Waals surface area contributed by atoms with E-state index < -0.39 is 10.0 Å². The van der Waals surface area contributed by atoms with Gasteiger partial charge in [0.05, 0.1) is 30.7 Å². The van der Waals surface area contributed by atoms with Crippen LogP contribution in [0, 0.1) is 0 Å². The summed E-state index contributed by atoms with van der Waals surface area (Å²) in [6.45, 7) is 2.04. The molecule has 0 bridgehead atoms. The average molecular weight is 386 g/mol. The second-order valence-corrected chi connectivity index (χ2v) is 7.76. The van der Waals surface area contributed by atoms with E-state index >= 15 is 0 Å². The molecule has 0 fully saturated rings. The lowest BCUT2D eigenvalue weighted by molar-refractivity contribution is 0.402. The number of methoxy groups -OCH3 is 1. The fourth-order valence-corrected chi connectivity index (χ4v) is 3.98. The molecule has 3 aromatic rings. The normalized spacial score (nSPS) is 11.5. The second kappa shape index (κ2) is 7.89. The topological polar surface area (TPSA) is 86.1 Å². The van der Waals surface area contributed by atoms with E-state index in [9.17, 15) is 8.42 Å². The Labute approximate surface area is 159 Å². The quantitative estimate of drug-likeness (QED) is 0.674. The Kier molecular flexibility index (Phi) is 5.57. The van der Waals surface area contributed by atoms with E-state index in [0.717, 1.165) is 23.4 Å². The van der Waals surface area contributed by atoms with Crippen LogP contribution >= 0.6 is 0 Å². The van der Waals surface area contributed by atoms with Gasteiger partial charge in [0, 0.05) is 13.2 Å². The molecule has 0 aliphatic carbocycles. The number of ether oxygens (including phenoxy) is 1. The van der Waals surface area contributed by atoms with Gasteiger partial charge in [-0.2, -0.15) is 5.10 Å². The Morgan fingerprint density at radius 3 is 2.67 bits per heavy atom. The van der Waals surface area contributed by atoms with Crippen LogP contribution in [0.15, 0.2) is 53.6 Å². The summed E-state index contributed by atoms with van der Waals surface area (Å²) in [6.07, 6.45) is 2.44. The maximum atomic E-state index is 12.8. The van der Waals surface area contributed by atoms with Gasteiger partial charge in [-0.25, -0.2) is 13.1 Å². The fraction of sp³-hybridized carbons (Fsp3) is 0.263. The van der Waals surface area contributed by atoms with Crippen LogP contribution in [0.3, 0.4) is 0 Å². The van der Waals surface area contributed by atoms with Crippen molar-refractivity contribution in [3.8, 4) is 17.1 Å². The molecule has 0 spiro atoms. The van der Waals surface area contributed by atoms with Gasteiger partial charge in [0.1, 0.15) is 10.6 Å². The number of rotatable bonds is 7. The Bertz CT molecular complexity index is 1030. The molecule has 2 heterocycles. The Balaban J connectivity index is 1.83. The molecule has 0 saturated carbocycles. The molecule has 0 unspecified atom stereocenters. The monoisotopic (exact) mass is 386 g/mol. The van der Waals surface area contributed by atoms with Crippen LogP contribution in [-0.2, 0) is 30.0 Å². The Morgan fingerprint density at radius 2 is 2.00 bits per heavy atom. The van der Waals surface area contributed by atoms with E-state index in [0.29, 0.717) is 11.4 Å². The number of pyridine rings is 1. The lowest BCUT2D eigenvalue weighted by atomic mass is 10.2. The van der Waals surface area contributed by atoms with Crippen molar-refractivity contribution in [2.75, 3.05) is 7.11 Å². The molecule has 0 radical (unpaired) electrons. The van der Waals surface area contributed by atoms with E-state index in [-0.39, 0.29) is 11.4 Å². The van der Waals surface area contributed by atoms with Gasteiger partial charge in [0.25, 0.3) is 0 Å². The predicted molar refractivity (Wildman–Crippen MR) is 103 cm³/mol. The Hall–Kier alpha value is -2.71. The van der Waals surface area contributed by atoms with E-state index in [4.69, 9.17) is 4.74 Å². The van der Waals surface area contributed by atoms with Gasteiger partial charge in [0.2, 0.25) is 10.0 Å². The van der Waals surface area contributed by atoms with E-state index in [1.54, 1.807) is 30.1 Å². The summed E-state index contributed by atoms with van der Waals surface area (Å²) in [5.41, 5.74) is 3.12. The number of hydrogen-bond acceptors (Lipinski definition) is 5. The zero-order valence-electron chi connectivity index (χ0n) is 15.5. The van der Waals surface area contributed by atoms with Gasteiger partial charge in [-0.15, -0.1) is 0 Å². The number of hydrogen-bond donors (Lipinski definition) is 1. The summed E-state index contributed by atoms with van der Waals surface area (Å²) in [5.74, 6) is 0.315. The van der Waals surface area contributed by atoms with Crippen molar-refractivity contribution in [2.45, 2.75) is 24.8 Å². The van der Waals surface area contributed by atoms with Crippen LogP contribution < -0.4 is 9.46 Å². The molecule has 27 heavy (non-hydrogen) atoms. The van der Waals surface area contributed by atoms with Crippen molar-refractivity contribution in [2.24, 2.45) is 7.05 Å². The zero-order valence-corrected chi connectivity index (χ0v) is 16.3. The van der Waals surface area contributed by atoms with Crippen molar-refractivity contribution < 1.29 is 13.2 Å².